The first kappa shape index (κ1) is 21.4. The van der Waals surface area contributed by atoms with Crippen LogP contribution in [-0.4, -0.2) is 39.6 Å². The van der Waals surface area contributed by atoms with E-state index in [0.29, 0.717) is 28.8 Å². The quantitative estimate of drug-likeness (QED) is 0.454. The number of fused-ring (bicyclic) bond motifs is 1. The Kier molecular flexibility index (Phi) is 5.78. The lowest BCUT2D eigenvalue weighted by molar-refractivity contribution is -0.125. The molecule has 1 atom stereocenters. The SMILES string of the molecule is CC1Oc2ccccc2N(CCC(=O)Nc2ccccc2-c2nc(-c3ccccc3)n[nH]2)C1=O. The predicted octanol–water partition coefficient (Wildman–Crippen LogP) is 4.28. The number of carbonyl (C=O) groups excluding carboxylic acids is 2. The number of carbonyl (C=O) groups is 2. The van der Waals surface area contributed by atoms with Gasteiger partial charge in [0, 0.05) is 24.1 Å². The Morgan fingerprint density at radius 2 is 1.76 bits per heavy atom. The van der Waals surface area contributed by atoms with Gasteiger partial charge in [0.2, 0.25) is 5.91 Å². The Labute approximate surface area is 196 Å². The third-order valence-corrected chi connectivity index (χ3v) is 5.61. The third-order valence-electron chi connectivity index (χ3n) is 5.61. The Hall–Kier alpha value is -4.46. The highest BCUT2D eigenvalue weighted by atomic mass is 16.5. The first-order valence-electron chi connectivity index (χ1n) is 11.0. The summed E-state index contributed by atoms with van der Waals surface area (Å²) in [5.41, 5.74) is 2.92. The molecule has 8 nitrogen and oxygen atoms in total. The molecule has 2 N–H and O–H groups in total. The molecule has 0 radical (unpaired) electrons. The predicted molar refractivity (Wildman–Crippen MR) is 129 cm³/mol. The van der Waals surface area contributed by atoms with Gasteiger partial charge in [-0.25, -0.2) is 4.98 Å². The highest BCUT2D eigenvalue weighted by Gasteiger charge is 2.31. The van der Waals surface area contributed by atoms with Crippen molar-refractivity contribution in [2.45, 2.75) is 19.4 Å². The summed E-state index contributed by atoms with van der Waals surface area (Å²) in [4.78, 5) is 31.7. The fourth-order valence-corrected chi connectivity index (χ4v) is 3.91. The number of aromatic nitrogens is 3. The van der Waals surface area contributed by atoms with Gasteiger partial charge in [-0.05, 0) is 31.2 Å². The normalized spacial score (nSPS) is 14.9. The van der Waals surface area contributed by atoms with Crippen LogP contribution in [0.4, 0.5) is 11.4 Å². The number of nitrogens with one attached hydrogen (secondary N) is 2. The number of ether oxygens (including phenoxy) is 1. The first-order chi connectivity index (χ1) is 16.6. The number of para-hydroxylation sites is 3. The molecule has 8 heteroatoms. The van der Waals surface area contributed by atoms with Gasteiger partial charge in [0.25, 0.3) is 5.91 Å². The van der Waals surface area contributed by atoms with E-state index in [1.165, 1.54) is 0 Å². The van der Waals surface area contributed by atoms with E-state index < -0.39 is 6.10 Å². The number of benzene rings is 3. The van der Waals surface area contributed by atoms with E-state index in [0.717, 1.165) is 11.1 Å². The summed E-state index contributed by atoms with van der Waals surface area (Å²) in [5.74, 6) is 1.40. The summed E-state index contributed by atoms with van der Waals surface area (Å²) in [6, 6.07) is 24.4. The lowest BCUT2D eigenvalue weighted by atomic mass is 10.1. The van der Waals surface area contributed by atoms with Crippen LogP contribution in [0.25, 0.3) is 22.8 Å². The minimum Gasteiger partial charge on any atom is -0.479 e. The van der Waals surface area contributed by atoms with Gasteiger partial charge in [0.1, 0.15) is 5.75 Å². The van der Waals surface area contributed by atoms with Crippen molar-refractivity contribution in [3.8, 4) is 28.5 Å². The van der Waals surface area contributed by atoms with Crippen molar-refractivity contribution in [3.05, 3.63) is 78.9 Å². The molecule has 1 aromatic heterocycles. The van der Waals surface area contributed by atoms with Crippen molar-refractivity contribution in [2.24, 2.45) is 0 Å². The first-order valence-corrected chi connectivity index (χ1v) is 11.0. The van der Waals surface area contributed by atoms with Crippen molar-refractivity contribution in [1.29, 1.82) is 0 Å². The zero-order chi connectivity index (χ0) is 23.5. The second kappa shape index (κ2) is 9.19. The Morgan fingerprint density at radius 3 is 2.62 bits per heavy atom. The maximum absolute atomic E-state index is 12.8. The lowest BCUT2D eigenvalue weighted by Gasteiger charge is -2.32. The van der Waals surface area contributed by atoms with E-state index in [1.54, 1.807) is 11.8 Å². The summed E-state index contributed by atoms with van der Waals surface area (Å²) >= 11 is 0. The van der Waals surface area contributed by atoms with Crippen LogP contribution in [0.15, 0.2) is 78.9 Å². The Bertz CT molecular complexity index is 1340. The molecule has 1 aliphatic heterocycles. The van der Waals surface area contributed by atoms with Crippen LogP contribution in [-0.2, 0) is 9.59 Å². The molecule has 170 valence electrons. The van der Waals surface area contributed by atoms with Crippen molar-refractivity contribution < 1.29 is 14.3 Å². The number of anilines is 2. The molecule has 0 saturated carbocycles. The Morgan fingerprint density at radius 1 is 1.03 bits per heavy atom. The summed E-state index contributed by atoms with van der Waals surface area (Å²) in [6.07, 6.45) is -0.462. The van der Waals surface area contributed by atoms with E-state index >= 15 is 0 Å². The molecular weight excluding hydrogens is 430 g/mol. The maximum atomic E-state index is 12.8. The molecule has 1 unspecified atom stereocenters. The van der Waals surface area contributed by atoms with Gasteiger partial charge in [-0.3, -0.25) is 14.7 Å². The summed E-state index contributed by atoms with van der Waals surface area (Å²) in [5, 5.41) is 10.2. The van der Waals surface area contributed by atoms with Crippen LogP contribution in [0, 0.1) is 0 Å². The van der Waals surface area contributed by atoms with Gasteiger partial charge in [-0.2, -0.15) is 5.10 Å². The molecule has 2 amide bonds. The molecule has 2 heterocycles. The van der Waals surface area contributed by atoms with E-state index in [9.17, 15) is 9.59 Å². The van der Waals surface area contributed by atoms with Crippen LogP contribution in [0.3, 0.4) is 0 Å². The van der Waals surface area contributed by atoms with Crippen LogP contribution in [0.5, 0.6) is 5.75 Å². The highest BCUT2D eigenvalue weighted by molar-refractivity contribution is 6.01. The van der Waals surface area contributed by atoms with Crippen LogP contribution in [0.2, 0.25) is 0 Å². The fraction of sp³-hybridized carbons (Fsp3) is 0.154. The summed E-state index contributed by atoms with van der Waals surface area (Å²) in [7, 11) is 0. The molecule has 0 saturated heterocycles. The number of H-pyrrole nitrogens is 1. The molecule has 0 fully saturated rings. The van der Waals surface area contributed by atoms with Crippen molar-refractivity contribution >= 4 is 23.2 Å². The lowest BCUT2D eigenvalue weighted by Crippen LogP contribution is -2.45. The highest BCUT2D eigenvalue weighted by Crippen LogP contribution is 2.34. The third kappa shape index (κ3) is 4.25. The van der Waals surface area contributed by atoms with Crippen molar-refractivity contribution in [1.82, 2.24) is 15.2 Å². The standard InChI is InChI=1S/C26H23N5O3/c1-17-26(33)31(21-13-7-8-14-22(21)34-17)16-15-23(32)27-20-12-6-5-11-19(20)25-28-24(29-30-25)18-9-3-2-4-10-18/h2-14,17H,15-16H2,1H3,(H,27,32)(H,28,29,30). The maximum Gasteiger partial charge on any atom is 0.267 e. The second-order valence-electron chi connectivity index (χ2n) is 7.94. The van der Waals surface area contributed by atoms with E-state index in [-0.39, 0.29) is 24.8 Å². The summed E-state index contributed by atoms with van der Waals surface area (Å²) in [6.45, 7) is 1.96. The topological polar surface area (TPSA) is 100 Å². The number of aromatic amines is 1. The van der Waals surface area contributed by atoms with Gasteiger partial charge in [-0.15, -0.1) is 0 Å². The monoisotopic (exact) mass is 453 g/mol. The molecule has 5 rings (SSSR count). The van der Waals surface area contributed by atoms with Crippen LogP contribution >= 0.6 is 0 Å². The van der Waals surface area contributed by atoms with Crippen molar-refractivity contribution in [3.63, 3.8) is 0 Å². The second-order valence-corrected chi connectivity index (χ2v) is 7.94. The molecule has 0 aliphatic carbocycles. The van der Waals surface area contributed by atoms with E-state index in [2.05, 4.69) is 20.5 Å². The van der Waals surface area contributed by atoms with Gasteiger partial charge in [0.05, 0.1) is 11.4 Å². The number of hydrogen-bond donors (Lipinski definition) is 2. The molecule has 4 aromatic rings. The molecule has 34 heavy (non-hydrogen) atoms. The molecule has 1 aliphatic rings. The number of rotatable bonds is 6. The van der Waals surface area contributed by atoms with Gasteiger partial charge < -0.3 is 15.0 Å². The van der Waals surface area contributed by atoms with Crippen LogP contribution < -0.4 is 15.0 Å². The van der Waals surface area contributed by atoms with Gasteiger partial charge >= 0.3 is 0 Å². The zero-order valence-corrected chi connectivity index (χ0v) is 18.6. The summed E-state index contributed by atoms with van der Waals surface area (Å²) < 4.78 is 5.67. The molecule has 3 aromatic carbocycles. The van der Waals surface area contributed by atoms with Gasteiger partial charge in [0.15, 0.2) is 17.8 Å². The van der Waals surface area contributed by atoms with Crippen molar-refractivity contribution in [2.75, 3.05) is 16.8 Å². The Balaban J connectivity index is 1.30. The minimum absolute atomic E-state index is 0.132. The fourth-order valence-electron chi connectivity index (χ4n) is 3.91. The van der Waals surface area contributed by atoms with E-state index in [4.69, 9.17) is 4.74 Å². The number of hydrogen-bond acceptors (Lipinski definition) is 5. The average molecular weight is 454 g/mol. The minimum atomic E-state index is -0.594. The van der Waals surface area contributed by atoms with E-state index in [1.807, 2.05) is 78.9 Å². The number of amides is 2. The molecule has 0 spiro atoms. The largest absolute Gasteiger partial charge is 0.479 e. The number of nitrogens with zero attached hydrogens (tertiary/aromatic N) is 3. The molecule has 0 bridgehead atoms. The molecular formula is C26H23N5O3. The van der Waals surface area contributed by atoms with Gasteiger partial charge in [-0.1, -0.05) is 54.6 Å². The zero-order valence-electron chi connectivity index (χ0n) is 18.6. The average Bonchev–Trinajstić information content (AvgIpc) is 3.35. The van der Waals surface area contributed by atoms with Crippen LogP contribution in [0.1, 0.15) is 13.3 Å². The smallest absolute Gasteiger partial charge is 0.267 e.